The number of aromatic nitrogens is 1. The highest BCUT2D eigenvalue weighted by atomic mass is 35.5. The molecule has 0 radical (unpaired) electrons. The van der Waals surface area contributed by atoms with Crippen LogP contribution in [0.25, 0.3) is 0 Å². The third kappa shape index (κ3) is 5.00. The molecule has 11 nitrogen and oxygen atoms in total. The van der Waals surface area contributed by atoms with Gasteiger partial charge in [-0.3, -0.25) is 10.0 Å². The lowest BCUT2D eigenvalue weighted by atomic mass is 10.2. The van der Waals surface area contributed by atoms with Crippen LogP contribution in [-0.4, -0.2) is 46.9 Å². The van der Waals surface area contributed by atoms with Gasteiger partial charge in [-0.25, -0.2) is 33.6 Å². The van der Waals surface area contributed by atoms with Crippen molar-refractivity contribution in [3.8, 4) is 0 Å². The van der Waals surface area contributed by atoms with Crippen LogP contribution in [0.4, 0.5) is 16.3 Å². The van der Waals surface area contributed by atoms with Crippen LogP contribution in [0.3, 0.4) is 0 Å². The first-order valence-electron chi connectivity index (χ1n) is 10.4. The first-order chi connectivity index (χ1) is 17.7. The molecule has 1 aliphatic heterocycles. The minimum atomic E-state index is -4.88. The fourth-order valence-electron chi connectivity index (χ4n) is 3.46. The van der Waals surface area contributed by atoms with Gasteiger partial charge in [0, 0.05) is 28.7 Å². The van der Waals surface area contributed by atoms with E-state index in [0.29, 0.717) is 5.02 Å². The highest BCUT2D eigenvalue weighted by Gasteiger charge is 2.55. The van der Waals surface area contributed by atoms with Gasteiger partial charge in [-0.2, -0.15) is 4.31 Å². The van der Waals surface area contributed by atoms with Crippen molar-refractivity contribution in [1.82, 2.24) is 20.1 Å². The summed E-state index contributed by atoms with van der Waals surface area (Å²) in [6, 6.07) is 14.4. The van der Waals surface area contributed by atoms with E-state index in [2.05, 4.69) is 15.3 Å². The summed E-state index contributed by atoms with van der Waals surface area (Å²) in [6.07, 6.45) is 5.07. The number of benzene rings is 2. The smallest absolute Gasteiger partial charge is 0.341 e. The van der Waals surface area contributed by atoms with E-state index in [-0.39, 0.29) is 20.8 Å². The minimum absolute atomic E-state index is 0.0241. The molecular weight excluding hydrogens is 543 g/mol. The Morgan fingerprint density at radius 3 is 2.35 bits per heavy atom. The predicted molar refractivity (Wildman–Crippen MR) is 137 cm³/mol. The minimum Gasteiger partial charge on any atom is -0.341 e. The molecule has 0 spiro atoms. The van der Waals surface area contributed by atoms with Gasteiger partial charge in [0.15, 0.2) is 0 Å². The molecule has 2 heterocycles. The van der Waals surface area contributed by atoms with Crippen molar-refractivity contribution in [2.75, 3.05) is 4.90 Å². The third-order valence-electron chi connectivity index (χ3n) is 5.10. The van der Waals surface area contributed by atoms with E-state index < -0.39 is 32.6 Å². The lowest BCUT2D eigenvalue weighted by Crippen LogP contribution is -2.69. The van der Waals surface area contributed by atoms with Crippen LogP contribution in [0.5, 0.6) is 0 Å². The molecule has 190 valence electrons. The molecule has 1 aromatic heterocycles. The fourth-order valence-corrected chi connectivity index (χ4v) is 5.39. The highest BCUT2D eigenvalue weighted by Crippen LogP contribution is 2.33. The second-order valence-electron chi connectivity index (χ2n) is 7.40. The molecule has 0 aliphatic carbocycles. The van der Waals surface area contributed by atoms with Crippen molar-refractivity contribution in [2.45, 2.75) is 10.7 Å². The maximum atomic E-state index is 14.3. The molecule has 37 heavy (non-hydrogen) atoms. The molecule has 0 fully saturated rings. The lowest BCUT2D eigenvalue weighted by molar-refractivity contribution is -0.139. The number of hydroxylamine groups is 1. The van der Waals surface area contributed by atoms with Crippen molar-refractivity contribution >= 4 is 62.9 Å². The number of urea groups is 1. The van der Waals surface area contributed by atoms with Crippen LogP contribution in [0.2, 0.25) is 10.0 Å². The molecule has 1 atom stereocenters. The van der Waals surface area contributed by atoms with Crippen molar-refractivity contribution in [2.24, 2.45) is 4.99 Å². The number of aliphatic imine (C=N–C) groups is 1. The Balaban J connectivity index is 2.00. The normalized spacial score (nSPS) is 16.5. The van der Waals surface area contributed by atoms with Crippen LogP contribution < -0.4 is 15.7 Å². The fraction of sp³-hybridized carbons (Fsp3) is 0.0435. The Labute approximate surface area is 221 Å². The van der Waals surface area contributed by atoms with Crippen LogP contribution in [0.1, 0.15) is 0 Å². The number of hydrogen-bond donors (Lipinski definition) is 3. The van der Waals surface area contributed by atoms with Crippen LogP contribution in [-0.2, 0) is 14.8 Å². The van der Waals surface area contributed by atoms with E-state index in [1.165, 1.54) is 72.5 Å². The number of allylic oxidation sites excluding steroid dienone is 1. The average Bonchev–Trinajstić information content (AvgIpc) is 2.90. The average molecular weight is 561 g/mol. The number of hydrogen-bond acceptors (Lipinski definition) is 8. The van der Waals surface area contributed by atoms with Crippen LogP contribution in [0.15, 0.2) is 95.1 Å². The molecule has 4 rings (SSSR count). The Hall–Kier alpha value is -3.97. The van der Waals surface area contributed by atoms with Gasteiger partial charge in [0.2, 0.25) is 0 Å². The Morgan fingerprint density at radius 1 is 1.00 bits per heavy atom. The number of pyridine rings is 1. The number of sulfonamides is 1. The van der Waals surface area contributed by atoms with Crippen molar-refractivity contribution in [1.29, 1.82) is 0 Å². The van der Waals surface area contributed by atoms with E-state index >= 15 is 0 Å². The van der Waals surface area contributed by atoms with E-state index in [4.69, 9.17) is 23.2 Å². The zero-order valence-electron chi connectivity index (χ0n) is 18.7. The lowest BCUT2D eigenvalue weighted by Gasteiger charge is -2.40. The quantitative estimate of drug-likeness (QED) is 0.308. The first-order valence-corrected chi connectivity index (χ1v) is 12.6. The Kier molecular flexibility index (Phi) is 7.45. The third-order valence-corrected chi connectivity index (χ3v) is 7.34. The summed E-state index contributed by atoms with van der Waals surface area (Å²) in [4.78, 5) is 36.1. The number of nitrogens with one attached hydrogen (secondary N) is 2. The highest BCUT2D eigenvalue weighted by molar-refractivity contribution is 7.89. The van der Waals surface area contributed by atoms with Gasteiger partial charge >= 0.3 is 17.7 Å². The first kappa shape index (κ1) is 26.1. The molecule has 14 heteroatoms. The number of carbonyl (C=O) groups is 2. The predicted octanol–water partition coefficient (Wildman–Crippen LogP) is 3.68. The van der Waals surface area contributed by atoms with Gasteiger partial charge in [0.25, 0.3) is 10.0 Å². The topological polar surface area (TPSA) is 144 Å². The molecule has 2 aromatic carbocycles. The zero-order chi connectivity index (χ0) is 26.6. The zero-order valence-corrected chi connectivity index (χ0v) is 21.0. The Morgan fingerprint density at radius 2 is 1.76 bits per heavy atom. The van der Waals surface area contributed by atoms with Gasteiger partial charge < -0.3 is 5.32 Å². The molecule has 0 saturated heterocycles. The van der Waals surface area contributed by atoms with E-state index in [1.54, 1.807) is 12.1 Å². The monoisotopic (exact) mass is 560 g/mol. The number of amides is 3. The van der Waals surface area contributed by atoms with Gasteiger partial charge in [-0.1, -0.05) is 35.3 Å². The van der Waals surface area contributed by atoms with Gasteiger partial charge in [0.1, 0.15) is 5.82 Å². The summed E-state index contributed by atoms with van der Waals surface area (Å²) in [5.74, 6) is -4.00. The molecule has 3 amide bonds. The SMILES string of the molecule is O=C(N(c1ccc(Cl)cc1)c1ccccn1)N(C1(C(=O)NO)N=CC=CN1)S(=O)(=O)c1cccc(Cl)c1. The molecule has 1 aliphatic rings. The number of nitrogens with zero attached hydrogens (tertiary/aromatic N) is 4. The Bertz CT molecular complexity index is 1480. The molecule has 0 bridgehead atoms. The van der Waals surface area contributed by atoms with Gasteiger partial charge in [-0.05, 0) is 60.7 Å². The second kappa shape index (κ2) is 10.6. The summed E-state index contributed by atoms with van der Waals surface area (Å²) >= 11 is 12.1. The largest absolute Gasteiger partial charge is 0.348 e. The standard InChI is InChI=1S/C23H18Cl2N6O5S/c24-16-8-10-18(11-9-16)30(20-7-1-2-12-26-20)22(33)31(23(21(32)29-34)27-13-4-14-28-23)37(35,36)19-6-3-5-17(25)15-19/h1-15,27,34H,(H,29,32). The molecule has 0 saturated carbocycles. The van der Waals surface area contributed by atoms with E-state index in [0.717, 1.165) is 17.2 Å². The number of anilines is 2. The molecular formula is C23H18Cl2N6O5S. The molecule has 3 aromatic rings. The maximum Gasteiger partial charge on any atom is 0.348 e. The van der Waals surface area contributed by atoms with Gasteiger partial charge in [0.05, 0.1) is 10.6 Å². The second-order valence-corrected chi connectivity index (χ2v) is 10.1. The van der Waals surface area contributed by atoms with Crippen LogP contribution in [0, 0.1) is 0 Å². The van der Waals surface area contributed by atoms with E-state index in [1.807, 2.05) is 0 Å². The van der Waals surface area contributed by atoms with Crippen molar-refractivity contribution in [3.63, 3.8) is 0 Å². The van der Waals surface area contributed by atoms with Crippen molar-refractivity contribution in [3.05, 3.63) is 95.2 Å². The molecule has 1 unspecified atom stereocenters. The van der Waals surface area contributed by atoms with Crippen molar-refractivity contribution < 1.29 is 23.2 Å². The summed E-state index contributed by atoms with van der Waals surface area (Å²) in [5, 5.41) is 12.5. The summed E-state index contributed by atoms with van der Waals surface area (Å²) < 4.78 is 28.3. The number of rotatable bonds is 6. The maximum absolute atomic E-state index is 14.3. The summed E-state index contributed by atoms with van der Waals surface area (Å²) in [5.41, 5.74) is 1.56. The molecule has 3 N–H and O–H groups in total. The number of carbonyl (C=O) groups excluding carboxylic acids is 2. The van der Waals surface area contributed by atoms with Gasteiger partial charge in [-0.15, -0.1) is 0 Å². The summed E-state index contributed by atoms with van der Waals surface area (Å²) in [7, 11) is -4.88. The number of halogens is 2. The van der Waals surface area contributed by atoms with Crippen LogP contribution >= 0.6 is 23.2 Å². The summed E-state index contributed by atoms with van der Waals surface area (Å²) in [6.45, 7) is 0. The van der Waals surface area contributed by atoms with E-state index in [9.17, 15) is 23.2 Å².